The van der Waals surface area contributed by atoms with Crippen LogP contribution in [0.3, 0.4) is 0 Å². The van der Waals surface area contributed by atoms with Crippen LogP contribution in [-0.4, -0.2) is 56.0 Å². The molecule has 3 N–H and O–H groups in total. The number of benzene rings is 1. The first kappa shape index (κ1) is 23.0. The Morgan fingerprint density at radius 3 is 2.67 bits per heavy atom. The Morgan fingerprint density at radius 1 is 1.23 bits per heavy atom. The molecular formula is C22H34N2O6. The molecule has 6 atom stereocenters. The number of hydrogen-bond acceptors (Lipinski definition) is 7. The fraction of sp³-hybridized carbons (Fsp3) is 0.682. The largest absolute Gasteiger partial charge is 0.444 e. The quantitative estimate of drug-likeness (QED) is 0.680. The minimum absolute atomic E-state index is 0.0349. The molecule has 0 spiro atoms. The molecule has 0 bridgehead atoms. The minimum Gasteiger partial charge on any atom is -0.444 e. The second-order valence-electron chi connectivity index (χ2n) is 8.79. The molecular weight excluding hydrogens is 388 g/mol. The van der Waals surface area contributed by atoms with Crippen molar-refractivity contribution in [1.29, 1.82) is 0 Å². The summed E-state index contributed by atoms with van der Waals surface area (Å²) in [6.45, 7) is 8.88. The lowest BCUT2D eigenvalue weighted by atomic mass is 9.89. The van der Waals surface area contributed by atoms with Gasteiger partial charge in [0.2, 0.25) is 0 Å². The number of rotatable bonds is 6. The van der Waals surface area contributed by atoms with E-state index in [0.29, 0.717) is 26.2 Å². The lowest BCUT2D eigenvalue weighted by Gasteiger charge is -2.47. The predicted octanol–water partition coefficient (Wildman–Crippen LogP) is 2.72. The average molecular weight is 423 g/mol. The van der Waals surface area contributed by atoms with E-state index >= 15 is 0 Å². The Bertz CT molecular complexity index is 680. The summed E-state index contributed by atoms with van der Waals surface area (Å²) in [5.41, 5.74) is 6.67. The van der Waals surface area contributed by atoms with Crippen LogP contribution in [0.2, 0.25) is 0 Å². The highest BCUT2D eigenvalue weighted by Gasteiger charge is 2.47. The molecule has 1 amide bonds. The lowest BCUT2D eigenvalue weighted by Crippen LogP contribution is -2.61. The van der Waals surface area contributed by atoms with Crippen LogP contribution in [0.15, 0.2) is 30.3 Å². The van der Waals surface area contributed by atoms with E-state index in [9.17, 15) is 4.79 Å². The Labute approximate surface area is 178 Å². The molecule has 1 aromatic carbocycles. The summed E-state index contributed by atoms with van der Waals surface area (Å²) < 4.78 is 29.2. The molecule has 2 heterocycles. The van der Waals surface area contributed by atoms with E-state index in [4.69, 9.17) is 29.4 Å². The van der Waals surface area contributed by atoms with Crippen molar-refractivity contribution in [3.05, 3.63) is 35.9 Å². The van der Waals surface area contributed by atoms with Gasteiger partial charge in [0.1, 0.15) is 24.0 Å². The van der Waals surface area contributed by atoms with Crippen molar-refractivity contribution in [3.63, 3.8) is 0 Å². The first-order valence-corrected chi connectivity index (χ1v) is 10.6. The topological polar surface area (TPSA) is 101 Å². The highest BCUT2D eigenvalue weighted by atomic mass is 16.7. The normalized spacial score (nSPS) is 31.6. The number of alkyl carbamates (subject to hydrolysis) is 1. The van der Waals surface area contributed by atoms with E-state index in [1.165, 1.54) is 0 Å². The van der Waals surface area contributed by atoms with Gasteiger partial charge in [0.25, 0.3) is 0 Å². The van der Waals surface area contributed by atoms with Crippen LogP contribution in [0.5, 0.6) is 0 Å². The van der Waals surface area contributed by atoms with E-state index in [2.05, 4.69) is 12.2 Å². The van der Waals surface area contributed by atoms with Gasteiger partial charge in [0, 0.05) is 24.6 Å². The maximum atomic E-state index is 11.7. The molecule has 2 fully saturated rings. The molecule has 8 heteroatoms. The standard InChI is InChI=1S/C22H34N2O6/c1-14-17-16(13-27-20(29-17)15-9-6-5-7-10-15)28-19(23)18(14)26-12-8-11-24-21(25)30-22(2,3)4/h5-7,9-10,14,16-20H,8,11-13,23H2,1-4H3,(H,24,25)/t14-,16?,17+,18?,19+,20?/m0/s1. The molecule has 168 valence electrons. The third-order valence-corrected chi connectivity index (χ3v) is 5.12. The van der Waals surface area contributed by atoms with Gasteiger partial charge in [-0.05, 0) is 27.2 Å². The Kier molecular flexibility index (Phi) is 7.70. The Balaban J connectivity index is 1.46. The molecule has 2 aliphatic heterocycles. The molecule has 3 unspecified atom stereocenters. The van der Waals surface area contributed by atoms with Gasteiger partial charge in [0.15, 0.2) is 6.29 Å². The highest BCUT2D eigenvalue weighted by Crippen LogP contribution is 2.36. The van der Waals surface area contributed by atoms with E-state index in [1.54, 1.807) is 0 Å². The molecule has 0 saturated carbocycles. The van der Waals surface area contributed by atoms with Gasteiger partial charge in [-0.3, -0.25) is 0 Å². The number of carbonyl (C=O) groups is 1. The maximum absolute atomic E-state index is 11.7. The van der Waals surface area contributed by atoms with Gasteiger partial charge in [-0.1, -0.05) is 37.3 Å². The zero-order valence-corrected chi connectivity index (χ0v) is 18.2. The van der Waals surface area contributed by atoms with E-state index in [-0.39, 0.29) is 24.2 Å². The third kappa shape index (κ3) is 6.15. The van der Waals surface area contributed by atoms with Crippen LogP contribution in [0.25, 0.3) is 0 Å². The second kappa shape index (κ2) is 10.1. The van der Waals surface area contributed by atoms with Gasteiger partial charge in [-0.2, -0.15) is 0 Å². The van der Waals surface area contributed by atoms with Crippen LogP contribution < -0.4 is 11.1 Å². The zero-order chi connectivity index (χ0) is 21.7. The van der Waals surface area contributed by atoms with Gasteiger partial charge in [0.05, 0.1) is 12.7 Å². The fourth-order valence-corrected chi connectivity index (χ4v) is 3.72. The number of fused-ring (bicyclic) bond motifs is 1. The summed E-state index contributed by atoms with van der Waals surface area (Å²) in [5.74, 6) is 0.0349. The number of carbonyl (C=O) groups excluding carboxylic acids is 1. The van der Waals surface area contributed by atoms with Gasteiger partial charge in [-0.15, -0.1) is 0 Å². The zero-order valence-electron chi connectivity index (χ0n) is 18.2. The average Bonchev–Trinajstić information content (AvgIpc) is 2.69. The molecule has 30 heavy (non-hydrogen) atoms. The number of amides is 1. The SMILES string of the molecule is C[C@@H]1C(OCCCNC(=O)OC(C)(C)C)[C@H](N)OC2COC(c3ccccc3)O[C@@H]21. The van der Waals surface area contributed by atoms with Crippen LogP contribution in [-0.2, 0) is 23.7 Å². The number of hydrogen-bond donors (Lipinski definition) is 2. The second-order valence-corrected chi connectivity index (χ2v) is 8.79. The molecule has 8 nitrogen and oxygen atoms in total. The van der Waals surface area contributed by atoms with E-state index in [0.717, 1.165) is 5.56 Å². The summed E-state index contributed by atoms with van der Waals surface area (Å²) in [5, 5.41) is 2.72. The van der Waals surface area contributed by atoms with E-state index < -0.39 is 24.2 Å². The van der Waals surface area contributed by atoms with E-state index in [1.807, 2.05) is 51.1 Å². The fourth-order valence-electron chi connectivity index (χ4n) is 3.72. The van der Waals surface area contributed by atoms with Crippen molar-refractivity contribution in [2.45, 2.75) is 70.5 Å². The summed E-state index contributed by atoms with van der Waals surface area (Å²) in [6.07, 6.45) is -1.47. The van der Waals surface area contributed by atoms with Crippen LogP contribution in [0.1, 0.15) is 46.0 Å². The number of nitrogens with one attached hydrogen (secondary N) is 1. The van der Waals surface area contributed by atoms with Crippen molar-refractivity contribution in [2.24, 2.45) is 11.7 Å². The molecule has 0 radical (unpaired) electrons. The van der Waals surface area contributed by atoms with Gasteiger partial charge in [-0.25, -0.2) is 4.79 Å². The first-order valence-electron chi connectivity index (χ1n) is 10.6. The van der Waals surface area contributed by atoms with Crippen molar-refractivity contribution in [1.82, 2.24) is 5.32 Å². The third-order valence-electron chi connectivity index (χ3n) is 5.12. The van der Waals surface area contributed by atoms with Crippen molar-refractivity contribution in [2.75, 3.05) is 19.8 Å². The highest BCUT2D eigenvalue weighted by molar-refractivity contribution is 5.67. The van der Waals surface area contributed by atoms with Crippen molar-refractivity contribution >= 4 is 6.09 Å². The van der Waals surface area contributed by atoms with Gasteiger partial charge >= 0.3 is 6.09 Å². The predicted molar refractivity (Wildman–Crippen MR) is 111 cm³/mol. The van der Waals surface area contributed by atoms with Crippen LogP contribution in [0.4, 0.5) is 4.79 Å². The van der Waals surface area contributed by atoms with Gasteiger partial charge < -0.3 is 34.7 Å². The molecule has 0 aliphatic carbocycles. The molecule has 2 saturated heterocycles. The maximum Gasteiger partial charge on any atom is 0.407 e. The number of nitrogens with two attached hydrogens (primary N) is 1. The number of ether oxygens (including phenoxy) is 5. The lowest BCUT2D eigenvalue weighted by molar-refractivity contribution is -0.320. The van der Waals surface area contributed by atoms with Crippen LogP contribution in [0, 0.1) is 5.92 Å². The summed E-state index contributed by atoms with van der Waals surface area (Å²) in [6, 6.07) is 9.85. The smallest absolute Gasteiger partial charge is 0.407 e. The summed E-state index contributed by atoms with van der Waals surface area (Å²) in [4.78, 5) is 11.7. The van der Waals surface area contributed by atoms with Crippen LogP contribution >= 0.6 is 0 Å². The summed E-state index contributed by atoms with van der Waals surface area (Å²) in [7, 11) is 0. The Morgan fingerprint density at radius 2 is 1.97 bits per heavy atom. The summed E-state index contributed by atoms with van der Waals surface area (Å²) >= 11 is 0. The van der Waals surface area contributed by atoms with Crippen molar-refractivity contribution < 1.29 is 28.5 Å². The van der Waals surface area contributed by atoms with Crippen molar-refractivity contribution in [3.8, 4) is 0 Å². The Hall–Kier alpha value is -1.71. The molecule has 1 aromatic rings. The molecule has 2 aliphatic rings. The first-order chi connectivity index (χ1) is 14.2. The minimum atomic E-state index is -0.555. The molecule has 3 rings (SSSR count). The molecule has 0 aromatic heterocycles. The monoisotopic (exact) mass is 422 g/mol.